The van der Waals surface area contributed by atoms with Gasteiger partial charge in [0, 0.05) is 19.5 Å². The summed E-state index contributed by atoms with van der Waals surface area (Å²) in [6.45, 7) is 1.30. The molecule has 0 aliphatic rings. The Labute approximate surface area is 166 Å². The van der Waals surface area contributed by atoms with Crippen LogP contribution in [-0.2, 0) is 22.7 Å². The zero-order valence-electron chi connectivity index (χ0n) is 15.4. The van der Waals surface area contributed by atoms with Gasteiger partial charge in [-0.25, -0.2) is 0 Å². The summed E-state index contributed by atoms with van der Waals surface area (Å²) in [5, 5.41) is 2.93. The van der Waals surface area contributed by atoms with Crippen molar-refractivity contribution in [1.29, 1.82) is 0 Å². The number of carbonyl (C=O) groups is 2. The van der Waals surface area contributed by atoms with Crippen LogP contribution in [-0.4, -0.2) is 36.9 Å². The maximum atomic E-state index is 12.2. The van der Waals surface area contributed by atoms with Gasteiger partial charge in [0.1, 0.15) is 12.4 Å². The summed E-state index contributed by atoms with van der Waals surface area (Å²) in [5.74, 6) is 0.119. The van der Waals surface area contributed by atoms with Crippen LogP contribution in [0.1, 0.15) is 17.5 Å². The molecule has 2 rings (SSSR count). The molecule has 6 nitrogen and oxygen atoms in total. The molecule has 3 N–H and O–H groups in total. The van der Waals surface area contributed by atoms with Crippen molar-refractivity contribution in [3.8, 4) is 5.75 Å². The van der Waals surface area contributed by atoms with Crippen LogP contribution in [0.3, 0.4) is 0 Å². The highest BCUT2D eigenvalue weighted by molar-refractivity contribution is 5.85. The van der Waals surface area contributed by atoms with E-state index in [0.29, 0.717) is 26.1 Å². The molecule has 0 saturated heterocycles. The van der Waals surface area contributed by atoms with E-state index in [1.54, 1.807) is 7.05 Å². The number of rotatable bonds is 10. The largest absolute Gasteiger partial charge is 0.489 e. The topological polar surface area (TPSA) is 84.7 Å². The Balaban J connectivity index is 0.00000364. The molecule has 0 aliphatic carbocycles. The second-order valence-corrected chi connectivity index (χ2v) is 5.99. The number of carbonyl (C=O) groups excluding carboxylic acids is 2. The lowest BCUT2D eigenvalue weighted by Gasteiger charge is -2.21. The quantitative estimate of drug-likeness (QED) is 0.649. The molecule has 0 fully saturated rings. The van der Waals surface area contributed by atoms with Gasteiger partial charge < -0.3 is 20.7 Å². The van der Waals surface area contributed by atoms with E-state index in [4.69, 9.17) is 10.5 Å². The zero-order chi connectivity index (χ0) is 18.8. The molecular formula is C20H26ClN3O3. The number of ether oxygens (including phenoxy) is 1. The average Bonchev–Trinajstić information content (AvgIpc) is 2.65. The van der Waals surface area contributed by atoms with Crippen molar-refractivity contribution in [2.24, 2.45) is 5.73 Å². The van der Waals surface area contributed by atoms with Crippen molar-refractivity contribution >= 4 is 24.2 Å². The third-order valence-electron chi connectivity index (χ3n) is 3.83. The molecule has 0 saturated carbocycles. The molecule has 0 bridgehead atoms. The summed E-state index contributed by atoms with van der Waals surface area (Å²) in [7, 11) is 1.78. The molecule has 0 aliphatic heterocycles. The van der Waals surface area contributed by atoms with Gasteiger partial charge in [0.15, 0.2) is 0 Å². The molecule has 27 heavy (non-hydrogen) atoms. The van der Waals surface area contributed by atoms with Crippen molar-refractivity contribution in [2.45, 2.75) is 19.6 Å². The molecule has 0 atom stereocenters. The van der Waals surface area contributed by atoms with Crippen molar-refractivity contribution in [3.63, 3.8) is 0 Å². The first kappa shape index (κ1) is 22.5. The number of hydrogen-bond acceptors (Lipinski definition) is 4. The van der Waals surface area contributed by atoms with Crippen LogP contribution >= 0.6 is 12.4 Å². The fourth-order valence-electron chi connectivity index (χ4n) is 2.46. The van der Waals surface area contributed by atoms with Crippen LogP contribution in [0.2, 0.25) is 0 Å². The highest BCUT2D eigenvalue weighted by Crippen LogP contribution is 2.16. The van der Waals surface area contributed by atoms with E-state index in [9.17, 15) is 9.59 Å². The number of halogens is 1. The molecule has 0 unspecified atom stereocenters. The fraction of sp³-hybridized carbons (Fsp3) is 0.300. The van der Waals surface area contributed by atoms with Crippen molar-refractivity contribution < 1.29 is 14.3 Å². The molecule has 7 heteroatoms. The Bertz CT molecular complexity index is 708. The number of nitrogens with one attached hydrogen (secondary N) is 1. The van der Waals surface area contributed by atoms with E-state index in [0.717, 1.165) is 16.9 Å². The summed E-state index contributed by atoms with van der Waals surface area (Å²) in [6, 6.07) is 17.4. The molecule has 2 amide bonds. The monoisotopic (exact) mass is 391 g/mol. The van der Waals surface area contributed by atoms with E-state index < -0.39 is 5.91 Å². The lowest BCUT2D eigenvalue weighted by Crippen LogP contribution is -2.38. The van der Waals surface area contributed by atoms with Gasteiger partial charge in [-0.15, -0.1) is 12.4 Å². The van der Waals surface area contributed by atoms with E-state index in [-0.39, 0.29) is 24.9 Å². The maximum Gasteiger partial charge on any atom is 0.237 e. The summed E-state index contributed by atoms with van der Waals surface area (Å²) in [4.78, 5) is 24.9. The minimum atomic E-state index is -0.523. The van der Waals surface area contributed by atoms with Gasteiger partial charge in [0.2, 0.25) is 11.8 Å². The van der Waals surface area contributed by atoms with E-state index >= 15 is 0 Å². The van der Waals surface area contributed by atoms with Crippen LogP contribution in [0.15, 0.2) is 54.6 Å². The Morgan fingerprint density at radius 2 is 1.70 bits per heavy atom. The summed E-state index contributed by atoms with van der Waals surface area (Å²) < 4.78 is 5.75. The minimum Gasteiger partial charge on any atom is -0.489 e. The zero-order valence-corrected chi connectivity index (χ0v) is 16.2. The predicted octanol–water partition coefficient (Wildman–Crippen LogP) is 2.11. The van der Waals surface area contributed by atoms with Crippen LogP contribution in [0.5, 0.6) is 5.75 Å². The van der Waals surface area contributed by atoms with Gasteiger partial charge >= 0.3 is 0 Å². The Hall–Kier alpha value is -2.57. The van der Waals surface area contributed by atoms with Gasteiger partial charge in [-0.1, -0.05) is 42.5 Å². The van der Waals surface area contributed by atoms with E-state index in [1.165, 1.54) is 4.90 Å². The molecule has 0 heterocycles. The fourth-order valence-corrected chi connectivity index (χ4v) is 2.46. The highest BCUT2D eigenvalue weighted by atomic mass is 35.5. The lowest BCUT2D eigenvalue weighted by atomic mass is 10.2. The molecule has 146 valence electrons. The normalized spacial score (nSPS) is 9.96. The standard InChI is InChI=1S/C20H25N3O3.ClH/c1-22-12-11-20(25)23(14-19(21)24)13-16-7-9-18(10-8-16)26-15-17-5-3-2-4-6-17;/h2-10,22H,11-15H2,1H3,(H2,21,24);1H. The molecule has 2 aromatic rings. The second-order valence-electron chi connectivity index (χ2n) is 5.99. The van der Waals surface area contributed by atoms with Gasteiger partial charge in [0.05, 0.1) is 6.54 Å². The smallest absolute Gasteiger partial charge is 0.237 e. The van der Waals surface area contributed by atoms with Gasteiger partial charge in [-0.2, -0.15) is 0 Å². The first-order valence-electron chi connectivity index (χ1n) is 8.55. The van der Waals surface area contributed by atoms with Crippen LogP contribution in [0, 0.1) is 0 Å². The first-order valence-corrected chi connectivity index (χ1v) is 8.55. The Morgan fingerprint density at radius 3 is 2.30 bits per heavy atom. The summed E-state index contributed by atoms with van der Waals surface area (Å²) >= 11 is 0. The van der Waals surface area contributed by atoms with Gasteiger partial charge in [-0.3, -0.25) is 9.59 Å². The number of hydrogen-bond donors (Lipinski definition) is 2. The van der Waals surface area contributed by atoms with Crippen molar-refractivity contribution in [1.82, 2.24) is 10.2 Å². The third kappa shape index (κ3) is 8.11. The maximum absolute atomic E-state index is 12.2. The van der Waals surface area contributed by atoms with Crippen LogP contribution in [0.4, 0.5) is 0 Å². The van der Waals surface area contributed by atoms with Crippen LogP contribution < -0.4 is 15.8 Å². The molecule has 0 spiro atoms. The number of amides is 2. The van der Waals surface area contributed by atoms with Gasteiger partial charge in [0.25, 0.3) is 0 Å². The molecule has 0 radical (unpaired) electrons. The van der Waals surface area contributed by atoms with Gasteiger partial charge in [-0.05, 0) is 30.3 Å². The first-order chi connectivity index (χ1) is 12.6. The van der Waals surface area contributed by atoms with Crippen molar-refractivity contribution in [2.75, 3.05) is 20.1 Å². The Kier molecular flexibility index (Phi) is 9.93. The van der Waals surface area contributed by atoms with E-state index in [1.807, 2.05) is 54.6 Å². The average molecular weight is 392 g/mol. The number of nitrogens with two attached hydrogens (primary N) is 1. The summed E-state index contributed by atoms with van der Waals surface area (Å²) in [5.41, 5.74) is 7.27. The molecule has 2 aromatic carbocycles. The number of benzene rings is 2. The number of primary amides is 1. The number of nitrogens with zero attached hydrogens (tertiary/aromatic N) is 1. The molecule has 0 aromatic heterocycles. The van der Waals surface area contributed by atoms with Crippen molar-refractivity contribution in [3.05, 3.63) is 65.7 Å². The van der Waals surface area contributed by atoms with E-state index in [2.05, 4.69) is 5.32 Å². The molecular weight excluding hydrogens is 366 g/mol. The predicted molar refractivity (Wildman–Crippen MR) is 108 cm³/mol. The lowest BCUT2D eigenvalue weighted by molar-refractivity contribution is -0.135. The Morgan fingerprint density at radius 1 is 1.04 bits per heavy atom. The third-order valence-corrected chi connectivity index (χ3v) is 3.83. The second kappa shape index (κ2) is 11.9. The SMILES string of the molecule is CNCCC(=O)N(CC(N)=O)Cc1ccc(OCc2ccccc2)cc1.Cl. The van der Waals surface area contributed by atoms with Crippen LogP contribution in [0.25, 0.3) is 0 Å². The highest BCUT2D eigenvalue weighted by Gasteiger charge is 2.15. The summed E-state index contributed by atoms with van der Waals surface area (Å²) in [6.07, 6.45) is 0.321. The minimum absolute atomic E-state index is 0.